The van der Waals surface area contributed by atoms with Crippen LogP contribution in [0.5, 0.6) is 0 Å². The Bertz CT molecular complexity index is 862. The molecular weight excluding hydrogens is 375 g/mol. The van der Waals surface area contributed by atoms with Gasteiger partial charge < -0.3 is 9.67 Å². The van der Waals surface area contributed by atoms with Gasteiger partial charge in [-0.2, -0.15) is 0 Å². The Kier molecular flexibility index (Phi) is 6.07. The topological polar surface area (TPSA) is 38.0 Å². The van der Waals surface area contributed by atoms with Crippen molar-refractivity contribution < 1.29 is 5.11 Å². The number of aliphatic hydroxyl groups excluding tert-OH is 1. The van der Waals surface area contributed by atoms with Crippen molar-refractivity contribution in [3.63, 3.8) is 0 Å². The van der Waals surface area contributed by atoms with Crippen molar-refractivity contribution in [3.8, 4) is 0 Å². The predicted octanol–water partition coefficient (Wildman–Crippen LogP) is 5.33. The molecule has 2 aromatic carbocycles. The largest absolute Gasteiger partial charge is 0.390 e. The number of thioether (sulfide) groups is 1. The normalized spacial score (nSPS) is 11.0. The average molecular weight is 393 g/mol. The summed E-state index contributed by atoms with van der Waals surface area (Å²) in [6, 6.07) is 13.9. The highest BCUT2D eigenvalue weighted by atomic mass is 35.5. The van der Waals surface area contributed by atoms with Gasteiger partial charge in [0.05, 0.1) is 12.3 Å². The van der Waals surface area contributed by atoms with Crippen LogP contribution in [-0.4, -0.2) is 14.7 Å². The van der Waals surface area contributed by atoms with E-state index in [-0.39, 0.29) is 6.61 Å². The first kappa shape index (κ1) is 18.3. The van der Waals surface area contributed by atoms with E-state index in [4.69, 9.17) is 23.2 Å². The number of hydrogen-bond acceptors (Lipinski definition) is 3. The lowest BCUT2D eigenvalue weighted by Crippen LogP contribution is -2.00. The van der Waals surface area contributed by atoms with Crippen molar-refractivity contribution in [2.45, 2.75) is 31.0 Å². The van der Waals surface area contributed by atoms with Crippen LogP contribution in [0.25, 0.3) is 0 Å². The average Bonchev–Trinajstić information content (AvgIpc) is 2.98. The Morgan fingerprint density at radius 1 is 1.12 bits per heavy atom. The Morgan fingerprint density at radius 3 is 2.56 bits per heavy atom. The summed E-state index contributed by atoms with van der Waals surface area (Å²) in [5.41, 5.74) is 4.10. The summed E-state index contributed by atoms with van der Waals surface area (Å²) >= 11 is 13.8. The van der Waals surface area contributed by atoms with Crippen molar-refractivity contribution in [3.05, 3.63) is 81.1 Å². The summed E-state index contributed by atoms with van der Waals surface area (Å²) < 4.78 is 2.06. The Balaban J connectivity index is 1.78. The van der Waals surface area contributed by atoms with E-state index < -0.39 is 0 Å². The molecule has 0 aliphatic carbocycles. The van der Waals surface area contributed by atoms with Crippen molar-refractivity contribution in [1.82, 2.24) is 9.55 Å². The van der Waals surface area contributed by atoms with Crippen molar-refractivity contribution in [2.24, 2.45) is 0 Å². The van der Waals surface area contributed by atoms with E-state index in [2.05, 4.69) is 40.7 Å². The van der Waals surface area contributed by atoms with Gasteiger partial charge in [0.2, 0.25) is 0 Å². The molecule has 0 saturated carbocycles. The summed E-state index contributed by atoms with van der Waals surface area (Å²) in [6.07, 6.45) is 1.89. The van der Waals surface area contributed by atoms with Gasteiger partial charge in [-0.15, -0.1) is 0 Å². The van der Waals surface area contributed by atoms with Crippen molar-refractivity contribution in [2.75, 3.05) is 0 Å². The maximum atomic E-state index is 9.42. The summed E-state index contributed by atoms with van der Waals surface area (Å²) in [4.78, 5) is 4.51. The zero-order valence-corrected chi connectivity index (χ0v) is 16.1. The molecule has 0 radical (unpaired) electrons. The third-order valence-electron chi connectivity index (χ3n) is 3.80. The van der Waals surface area contributed by atoms with Crippen LogP contribution in [0, 0.1) is 6.92 Å². The first-order valence-corrected chi connectivity index (χ1v) is 9.58. The zero-order chi connectivity index (χ0) is 17.8. The fraction of sp³-hybridized carbons (Fsp3) is 0.211. The number of imidazole rings is 1. The number of halogens is 2. The summed E-state index contributed by atoms with van der Waals surface area (Å²) in [5, 5.41) is 11.6. The van der Waals surface area contributed by atoms with E-state index >= 15 is 0 Å². The number of rotatable bonds is 6. The van der Waals surface area contributed by atoms with Gasteiger partial charge in [-0.05, 0) is 30.2 Å². The van der Waals surface area contributed by atoms with E-state index in [0.717, 1.165) is 10.7 Å². The molecule has 3 aromatic rings. The highest BCUT2D eigenvalue weighted by Crippen LogP contribution is 2.28. The number of benzene rings is 2. The minimum atomic E-state index is -0.0733. The summed E-state index contributed by atoms with van der Waals surface area (Å²) in [7, 11) is 0. The SMILES string of the molecule is Cc1ccc(Cn2cc(CO)nc2SCc2ccc(Cl)cc2Cl)cc1. The van der Waals surface area contributed by atoms with E-state index in [9.17, 15) is 5.11 Å². The molecule has 0 aliphatic heterocycles. The van der Waals surface area contributed by atoms with Gasteiger partial charge in [-0.1, -0.05) is 70.9 Å². The monoisotopic (exact) mass is 392 g/mol. The lowest BCUT2D eigenvalue weighted by Gasteiger charge is -2.09. The molecule has 130 valence electrons. The second-order valence-electron chi connectivity index (χ2n) is 5.81. The van der Waals surface area contributed by atoms with Crippen LogP contribution in [0.15, 0.2) is 53.8 Å². The molecule has 25 heavy (non-hydrogen) atoms. The second-order valence-corrected chi connectivity index (χ2v) is 7.60. The molecule has 6 heteroatoms. The molecule has 1 heterocycles. The first-order chi connectivity index (χ1) is 12.0. The molecular formula is C19H18Cl2N2OS. The predicted molar refractivity (Wildman–Crippen MR) is 104 cm³/mol. The fourth-order valence-electron chi connectivity index (χ4n) is 2.43. The highest BCUT2D eigenvalue weighted by molar-refractivity contribution is 7.98. The number of aliphatic hydroxyl groups is 1. The number of hydrogen-bond donors (Lipinski definition) is 1. The van der Waals surface area contributed by atoms with Crippen LogP contribution < -0.4 is 0 Å². The molecule has 0 spiro atoms. The molecule has 1 N–H and O–H groups in total. The minimum Gasteiger partial charge on any atom is -0.390 e. The standard InChI is InChI=1S/C19H18Cl2N2OS/c1-13-2-4-14(5-3-13)9-23-10-17(11-24)22-19(23)25-12-15-6-7-16(20)8-18(15)21/h2-8,10,24H,9,11-12H2,1H3. The minimum absolute atomic E-state index is 0.0733. The van der Waals surface area contributed by atoms with E-state index in [1.165, 1.54) is 11.1 Å². The van der Waals surface area contributed by atoms with Crippen molar-refractivity contribution in [1.29, 1.82) is 0 Å². The molecule has 1 aromatic heterocycles. The summed E-state index contributed by atoms with van der Waals surface area (Å²) in [5.74, 6) is 0.686. The third kappa shape index (κ3) is 4.79. The smallest absolute Gasteiger partial charge is 0.168 e. The van der Waals surface area contributed by atoms with Crippen LogP contribution in [-0.2, 0) is 18.9 Å². The number of nitrogens with zero attached hydrogens (tertiary/aromatic N) is 2. The van der Waals surface area contributed by atoms with Crippen LogP contribution in [0.1, 0.15) is 22.4 Å². The van der Waals surface area contributed by atoms with Gasteiger partial charge in [-0.25, -0.2) is 4.98 Å². The maximum absolute atomic E-state index is 9.42. The highest BCUT2D eigenvalue weighted by Gasteiger charge is 2.11. The van der Waals surface area contributed by atoms with Crippen LogP contribution in [0.4, 0.5) is 0 Å². The van der Waals surface area contributed by atoms with Gasteiger partial charge in [0.25, 0.3) is 0 Å². The molecule has 0 amide bonds. The lowest BCUT2D eigenvalue weighted by molar-refractivity contribution is 0.277. The van der Waals surface area contributed by atoms with Crippen LogP contribution in [0.3, 0.4) is 0 Å². The molecule has 3 rings (SSSR count). The van der Waals surface area contributed by atoms with Crippen LogP contribution in [0.2, 0.25) is 10.0 Å². The fourth-order valence-corrected chi connectivity index (χ4v) is 3.98. The molecule has 0 atom stereocenters. The van der Waals surface area contributed by atoms with Gasteiger partial charge in [0.15, 0.2) is 5.16 Å². The Hall–Kier alpha value is -1.46. The van der Waals surface area contributed by atoms with Gasteiger partial charge >= 0.3 is 0 Å². The van der Waals surface area contributed by atoms with Crippen molar-refractivity contribution >= 4 is 35.0 Å². The summed E-state index contributed by atoms with van der Waals surface area (Å²) in [6.45, 7) is 2.71. The van der Waals surface area contributed by atoms with Gasteiger partial charge in [0.1, 0.15) is 0 Å². The molecule has 0 aliphatic rings. The van der Waals surface area contributed by atoms with E-state index in [1.807, 2.05) is 18.3 Å². The quantitative estimate of drug-likeness (QED) is 0.575. The lowest BCUT2D eigenvalue weighted by atomic mass is 10.1. The zero-order valence-electron chi connectivity index (χ0n) is 13.7. The van der Waals surface area contributed by atoms with E-state index in [1.54, 1.807) is 17.8 Å². The Morgan fingerprint density at radius 2 is 1.88 bits per heavy atom. The second kappa shape index (κ2) is 8.28. The molecule has 0 saturated heterocycles. The number of aryl methyl sites for hydroxylation is 1. The first-order valence-electron chi connectivity index (χ1n) is 7.84. The maximum Gasteiger partial charge on any atom is 0.168 e. The van der Waals surface area contributed by atoms with Gasteiger partial charge in [0, 0.05) is 28.5 Å². The van der Waals surface area contributed by atoms with Gasteiger partial charge in [-0.3, -0.25) is 0 Å². The molecule has 0 bridgehead atoms. The molecule has 0 unspecified atom stereocenters. The molecule has 3 nitrogen and oxygen atoms in total. The number of aromatic nitrogens is 2. The third-order valence-corrected chi connectivity index (χ3v) is 5.42. The Labute approximate surface area is 161 Å². The van der Waals surface area contributed by atoms with Crippen LogP contribution >= 0.6 is 35.0 Å². The van der Waals surface area contributed by atoms with E-state index in [0.29, 0.717) is 28.0 Å². The molecule has 0 fully saturated rings.